The van der Waals surface area contributed by atoms with Gasteiger partial charge in [-0.3, -0.25) is 0 Å². The zero-order chi connectivity index (χ0) is 12.1. The van der Waals surface area contributed by atoms with Gasteiger partial charge >= 0.3 is 0 Å². The van der Waals surface area contributed by atoms with Crippen molar-refractivity contribution in [1.82, 2.24) is 0 Å². The lowest BCUT2D eigenvalue weighted by atomic mass is 10.2. The van der Waals surface area contributed by atoms with Crippen LogP contribution in [0.25, 0.3) is 0 Å². The Morgan fingerprint density at radius 2 is 1.82 bits per heavy atom. The van der Waals surface area contributed by atoms with Gasteiger partial charge in [-0.15, -0.1) is 11.6 Å². The summed E-state index contributed by atoms with van der Waals surface area (Å²) in [5.74, 6) is 0.529. The Morgan fingerprint density at radius 1 is 1.00 bits per heavy atom. The maximum absolute atomic E-state index is 6.09. The maximum Gasteiger partial charge on any atom is 0.0474 e. The molecule has 88 valence electrons. The highest BCUT2D eigenvalue weighted by atomic mass is 35.5. The summed E-state index contributed by atoms with van der Waals surface area (Å²) >= 11 is 11.9. The molecule has 0 aliphatic carbocycles. The topological polar surface area (TPSA) is 12.0 Å². The number of hydrogen-bond donors (Lipinski definition) is 1. The molecule has 0 bridgehead atoms. The van der Waals surface area contributed by atoms with Crippen LogP contribution in [0, 0.1) is 0 Å². The van der Waals surface area contributed by atoms with Crippen LogP contribution < -0.4 is 5.32 Å². The van der Waals surface area contributed by atoms with Crippen LogP contribution in [0.1, 0.15) is 11.1 Å². The molecule has 2 aromatic carbocycles. The minimum Gasteiger partial charge on any atom is -0.381 e. The summed E-state index contributed by atoms with van der Waals surface area (Å²) in [6, 6.07) is 15.9. The van der Waals surface area contributed by atoms with Crippen LogP contribution in [0.5, 0.6) is 0 Å². The number of nitrogens with one attached hydrogen (secondary N) is 1. The van der Waals surface area contributed by atoms with Crippen molar-refractivity contribution in [2.24, 2.45) is 0 Å². The van der Waals surface area contributed by atoms with Crippen LogP contribution in [0.3, 0.4) is 0 Å². The zero-order valence-electron chi connectivity index (χ0n) is 9.29. The highest BCUT2D eigenvalue weighted by molar-refractivity contribution is 6.31. The second-order valence-electron chi connectivity index (χ2n) is 3.78. The largest absolute Gasteiger partial charge is 0.381 e. The van der Waals surface area contributed by atoms with E-state index in [-0.39, 0.29) is 0 Å². The van der Waals surface area contributed by atoms with E-state index >= 15 is 0 Å². The molecule has 0 aliphatic rings. The van der Waals surface area contributed by atoms with Gasteiger partial charge in [0.25, 0.3) is 0 Å². The first-order chi connectivity index (χ1) is 8.29. The van der Waals surface area contributed by atoms with Gasteiger partial charge in [-0.25, -0.2) is 0 Å². The maximum atomic E-state index is 6.09. The molecule has 0 aliphatic heterocycles. The van der Waals surface area contributed by atoms with E-state index in [1.54, 1.807) is 0 Å². The van der Waals surface area contributed by atoms with Gasteiger partial charge in [0.15, 0.2) is 0 Å². The van der Waals surface area contributed by atoms with Crippen LogP contribution in [0.15, 0.2) is 48.5 Å². The molecule has 0 spiro atoms. The fourth-order valence-electron chi connectivity index (χ4n) is 1.60. The Kier molecular flexibility index (Phi) is 4.29. The third-order valence-corrected chi connectivity index (χ3v) is 3.20. The number of alkyl halides is 1. The first kappa shape index (κ1) is 12.3. The molecule has 1 nitrogen and oxygen atoms in total. The third-order valence-electron chi connectivity index (χ3n) is 2.52. The van der Waals surface area contributed by atoms with Crippen LogP contribution in [-0.4, -0.2) is 0 Å². The van der Waals surface area contributed by atoms with Crippen molar-refractivity contribution < 1.29 is 0 Å². The molecule has 2 rings (SSSR count). The lowest BCUT2D eigenvalue weighted by Gasteiger charge is -2.08. The van der Waals surface area contributed by atoms with Gasteiger partial charge in [-0.2, -0.15) is 0 Å². The van der Waals surface area contributed by atoms with E-state index in [1.807, 2.05) is 48.5 Å². The van der Waals surface area contributed by atoms with E-state index in [1.165, 1.54) is 0 Å². The van der Waals surface area contributed by atoms with Gasteiger partial charge < -0.3 is 5.32 Å². The summed E-state index contributed by atoms with van der Waals surface area (Å²) in [6.45, 7) is 0.714. The van der Waals surface area contributed by atoms with Crippen molar-refractivity contribution in [3.8, 4) is 0 Å². The molecule has 3 heteroatoms. The van der Waals surface area contributed by atoms with E-state index in [9.17, 15) is 0 Å². The number of halogens is 2. The summed E-state index contributed by atoms with van der Waals surface area (Å²) < 4.78 is 0. The fraction of sp³-hybridized carbons (Fsp3) is 0.143. The fourth-order valence-corrected chi connectivity index (χ4v) is 1.97. The Balaban J connectivity index is 2.05. The molecule has 1 N–H and O–H groups in total. The first-order valence-electron chi connectivity index (χ1n) is 5.42. The molecule has 0 amide bonds. The second-order valence-corrected chi connectivity index (χ2v) is 4.45. The minimum atomic E-state index is 0.529. The van der Waals surface area contributed by atoms with Crippen LogP contribution in [0.4, 0.5) is 5.69 Å². The predicted molar refractivity (Wildman–Crippen MR) is 74.8 cm³/mol. The van der Waals surface area contributed by atoms with E-state index < -0.39 is 0 Å². The lowest BCUT2D eigenvalue weighted by molar-refractivity contribution is 1.15. The minimum absolute atomic E-state index is 0.529. The molecule has 2 aromatic rings. The van der Waals surface area contributed by atoms with Crippen LogP contribution >= 0.6 is 23.2 Å². The smallest absolute Gasteiger partial charge is 0.0474 e. The monoisotopic (exact) mass is 265 g/mol. The quantitative estimate of drug-likeness (QED) is 0.791. The number of anilines is 1. The van der Waals surface area contributed by atoms with Gasteiger partial charge in [-0.1, -0.05) is 41.9 Å². The molecule has 0 heterocycles. The van der Waals surface area contributed by atoms with Gasteiger partial charge in [0.2, 0.25) is 0 Å². The highest BCUT2D eigenvalue weighted by Crippen LogP contribution is 2.18. The zero-order valence-corrected chi connectivity index (χ0v) is 10.8. The van der Waals surface area contributed by atoms with Crippen molar-refractivity contribution in [2.45, 2.75) is 12.4 Å². The number of rotatable bonds is 4. The summed E-state index contributed by atoms with van der Waals surface area (Å²) in [5.41, 5.74) is 3.25. The molecule has 0 saturated carbocycles. The molecule has 0 radical (unpaired) electrons. The molecule has 17 heavy (non-hydrogen) atoms. The molecular weight excluding hydrogens is 253 g/mol. The number of hydrogen-bond acceptors (Lipinski definition) is 1. The van der Waals surface area contributed by atoms with Crippen LogP contribution in [0.2, 0.25) is 5.02 Å². The van der Waals surface area contributed by atoms with Gasteiger partial charge in [0.05, 0.1) is 0 Å². The van der Waals surface area contributed by atoms with E-state index in [0.29, 0.717) is 12.4 Å². The van der Waals surface area contributed by atoms with E-state index in [2.05, 4.69) is 5.32 Å². The van der Waals surface area contributed by atoms with Crippen molar-refractivity contribution in [2.75, 3.05) is 5.32 Å². The van der Waals surface area contributed by atoms with Crippen molar-refractivity contribution in [3.63, 3.8) is 0 Å². The average Bonchev–Trinajstić information content (AvgIpc) is 2.38. The normalized spacial score (nSPS) is 10.2. The van der Waals surface area contributed by atoms with Crippen molar-refractivity contribution >= 4 is 28.9 Å². The standard InChI is InChI=1S/C14H13Cl2N/c15-9-11-4-3-6-13(8-11)17-10-12-5-1-2-7-14(12)16/h1-8,17H,9-10H2. The molecule has 0 aromatic heterocycles. The molecule has 0 atom stereocenters. The Bertz CT molecular complexity index is 497. The average molecular weight is 266 g/mol. The molecule has 0 fully saturated rings. The lowest BCUT2D eigenvalue weighted by Crippen LogP contribution is -2.00. The Hall–Kier alpha value is -1.18. The van der Waals surface area contributed by atoms with Crippen LogP contribution in [-0.2, 0) is 12.4 Å². The Morgan fingerprint density at radius 3 is 2.59 bits per heavy atom. The molecule has 0 unspecified atom stereocenters. The van der Waals surface area contributed by atoms with Crippen molar-refractivity contribution in [1.29, 1.82) is 0 Å². The van der Waals surface area contributed by atoms with E-state index in [4.69, 9.17) is 23.2 Å². The molecule has 0 saturated heterocycles. The van der Waals surface area contributed by atoms with Gasteiger partial charge in [0, 0.05) is 23.1 Å². The summed E-state index contributed by atoms with van der Waals surface area (Å²) in [6.07, 6.45) is 0. The predicted octanol–water partition coefficient (Wildman–Crippen LogP) is 4.69. The summed E-state index contributed by atoms with van der Waals surface area (Å²) in [7, 11) is 0. The highest BCUT2D eigenvalue weighted by Gasteiger charge is 1.99. The second kappa shape index (κ2) is 5.95. The van der Waals surface area contributed by atoms with E-state index in [0.717, 1.165) is 21.8 Å². The van der Waals surface area contributed by atoms with Crippen molar-refractivity contribution in [3.05, 3.63) is 64.7 Å². The summed E-state index contributed by atoms with van der Waals surface area (Å²) in [5, 5.41) is 4.12. The third kappa shape index (κ3) is 3.39. The van der Waals surface area contributed by atoms with Gasteiger partial charge in [-0.05, 0) is 29.3 Å². The van der Waals surface area contributed by atoms with Gasteiger partial charge in [0.1, 0.15) is 0 Å². The SMILES string of the molecule is ClCc1cccc(NCc2ccccc2Cl)c1. The summed E-state index contributed by atoms with van der Waals surface area (Å²) in [4.78, 5) is 0. The number of benzene rings is 2. The molecular formula is C14H13Cl2N. The first-order valence-corrected chi connectivity index (χ1v) is 6.33. The Labute approximate surface area is 111 Å².